The molecule has 0 saturated carbocycles. The van der Waals surface area contributed by atoms with E-state index in [1.165, 1.54) is 30.3 Å². The van der Waals surface area contributed by atoms with E-state index in [0.717, 1.165) is 19.3 Å². The average Bonchev–Trinajstić information content (AvgIpc) is 2.64. The Labute approximate surface area is 154 Å². The molecule has 1 saturated heterocycles. The van der Waals surface area contributed by atoms with Crippen LogP contribution in [0.1, 0.15) is 36.5 Å². The SMILES string of the molecule is C=CCNS(=O)(=O)c1ccc(C(=O)OCC(=O)N2CCCC[C@@H]2C)cc1. The molecule has 1 fully saturated rings. The molecular weight excluding hydrogens is 356 g/mol. The van der Waals surface area contributed by atoms with Gasteiger partial charge in [-0.05, 0) is 50.5 Å². The fourth-order valence-corrected chi connectivity index (χ4v) is 3.78. The number of ether oxygens (including phenoxy) is 1. The van der Waals surface area contributed by atoms with Gasteiger partial charge >= 0.3 is 5.97 Å². The number of nitrogens with one attached hydrogen (secondary N) is 1. The molecule has 1 amide bonds. The summed E-state index contributed by atoms with van der Waals surface area (Å²) < 4.78 is 31.4. The minimum Gasteiger partial charge on any atom is -0.452 e. The fraction of sp³-hybridized carbons (Fsp3) is 0.444. The quantitative estimate of drug-likeness (QED) is 0.574. The highest BCUT2D eigenvalue weighted by molar-refractivity contribution is 7.89. The number of hydrogen-bond acceptors (Lipinski definition) is 5. The van der Waals surface area contributed by atoms with E-state index >= 15 is 0 Å². The topological polar surface area (TPSA) is 92.8 Å². The molecule has 26 heavy (non-hydrogen) atoms. The summed E-state index contributed by atoms with van der Waals surface area (Å²) in [6.45, 7) is 5.91. The average molecular weight is 380 g/mol. The van der Waals surface area contributed by atoms with Crippen LogP contribution in [-0.2, 0) is 19.6 Å². The minimum atomic E-state index is -3.65. The summed E-state index contributed by atoms with van der Waals surface area (Å²) >= 11 is 0. The zero-order valence-electron chi connectivity index (χ0n) is 14.8. The van der Waals surface area contributed by atoms with Gasteiger partial charge in [0, 0.05) is 19.1 Å². The molecular formula is C18H24N2O5S. The fourth-order valence-electron chi connectivity index (χ4n) is 2.78. The van der Waals surface area contributed by atoms with Crippen LogP contribution in [0.3, 0.4) is 0 Å². The van der Waals surface area contributed by atoms with Crippen molar-refractivity contribution in [1.29, 1.82) is 0 Å². The standard InChI is InChI=1S/C18H24N2O5S/c1-3-11-19-26(23,24)16-9-7-15(8-10-16)18(22)25-13-17(21)20-12-5-4-6-14(20)2/h3,7-10,14,19H,1,4-6,11-13H2,2H3/t14-/m0/s1. The van der Waals surface area contributed by atoms with Gasteiger partial charge in [-0.2, -0.15) is 0 Å². The first-order valence-electron chi connectivity index (χ1n) is 8.52. The van der Waals surface area contributed by atoms with Gasteiger partial charge in [0.1, 0.15) is 0 Å². The largest absolute Gasteiger partial charge is 0.452 e. The van der Waals surface area contributed by atoms with E-state index in [-0.39, 0.29) is 35.6 Å². The van der Waals surface area contributed by atoms with Gasteiger partial charge in [0.05, 0.1) is 10.5 Å². The summed E-state index contributed by atoms with van der Waals surface area (Å²) in [6.07, 6.45) is 4.44. The predicted octanol–water partition coefficient (Wildman–Crippen LogP) is 1.71. The molecule has 1 aromatic rings. The van der Waals surface area contributed by atoms with Crippen LogP contribution in [0.4, 0.5) is 0 Å². The third-order valence-corrected chi connectivity index (χ3v) is 5.71. The maximum Gasteiger partial charge on any atom is 0.338 e. The highest BCUT2D eigenvalue weighted by atomic mass is 32.2. The van der Waals surface area contributed by atoms with Crippen molar-refractivity contribution in [1.82, 2.24) is 9.62 Å². The maximum atomic E-state index is 12.2. The molecule has 0 spiro atoms. The van der Waals surface area contributed by atoms with E-state index in [4.69, 9.17) is 4.74 Å². The summed E-state index contributed by atoms with van der Waals surface area (Å²) in [5.74, 6) is -0.871. The van der Waals surface area contributed by atoms with E-state index in [2.05, 4.69) is 11.3 Å². The van der Waals surface area contributed by atoms with Crippen molar-refractivity contribution < 1.29 is 22.7 Å². The van der Waals surface area contributed by atoms with Crippen molar-refractivity contribution in [3.63, 3.8) is 0 Å². The molecule has 142 valence electrons. The van der Waals surface area contributed by atoms with Gasteiger partial charge in [0.2, 0.25) is 10.0 Å². The molecule has 0 aliphatic carbocycles. The van der Waals surface area contributed by atoms with Gasteiger partial charge in [-0.1, -0.05) is 6.08 Å². The summed E-state index contributed by atoms with van der Waals surface area (Å²) in [5, 5.41) is 0. The Morgan fingerprint density at radius 2 is 2.00 bits per heavy atom. The maximum absolute atomic E-state index is 12.2. The van der Waals surface area contributed by atoms with Crippen molar-refractivity contribution in [3.05, 3.63) is 42.5 Å². The number of sulfonamides is 1. The van der Waals surface area contributed by atoms with Gasteiger partial charge in [0.15, 0.2) is 6.61 Å². The first-order chi connectivity index (χ1) is 12.3. The van der Waals surface area contributed by atoms with Gasteiger partial charge in [-0.15, -0.1) is 6.58 Å². The zero-order valence-corrected chi connectivity index (χ0v) is 15.6. The Bertz CT molecular complexity index is 758. The number of esters is 1. The lowest BCUT2D eigenvalue weighted by atomic mass is 10.0. The molecule has 8 heteroatoms. The lowest BCUT2D eigenvalue weighted by molar-refractivity contribution is -0.137. The smallest absolute Gasteiger partial charge is 0.338 e. The molecule has 1 heterocycles. The van der Waals surface area contributed by atoms with Crippen LogP contribution in [0, 0.1) is 0 Å². The van der Waals surface area contributed by atoms with Gasteiger partial charge in [0.25, 0.3) is 5.91 Å². The van der Waals surface area contributed by atoms with Crippen molar-refractivity contribution in [2.24, 2.45) is 0 Å². The summed E-state index contributed by atoms with van der Waals surface area (Å²) in [7, 11) is -3.65. The number of nitrogens with zero attached hydrogens (tertiary/aromatic N) is 1. The Morgan fingerprint density at radius 3 is 2.62 bits per heavy atom. The van der Waals surface area contributed by atoms with Gasteiger partial charge in [-0.3, -0.25) is 4.79 Å². The second kappa shape index (κ2) is 8.95. The van der Waals surface area contributed by atoms with Crippen LogP contribution in [0.2, 0.25) is 0 Å². The van der Waals surface area contributed by atoms with Crippen LogP contribution >= 0.6 is 0 Å². The number of benzene rings is 1. The van der Waals surface area contributed by atoms with Crippen molar-refractivity contribution >= 4 is 21.9 Å². The number of hydrogen-bond donors (Lipinski definition) is 1. The number of piperidine rings is 1. The number of rotatable bonds is 7. The predicted molar refractivity (Wildman–Crippen MR) is 97.1 cm³/mol. The van der Waals surface area contributed by atoms with E-state index in [1.807, 2.05) is 6.92 Å². The summed E-state index contributed by atoms with van der Waals surface area (Å²) in [6, 6.07) is 5.51. The van der Waals surface area contributed by atoms with Gasteiger partial charge in [-0.25, -0.2) is 17.9 Å². The zero-order chi connectivity index (χ0) is 19.2. The molecule has 1 aliphatic rings. The number of likely N-dealkylation sites (tertiary alicyclic amines) is 1. The monoisotopic (exact) mass is 380 g/mol. The minimum absolute atomic E-state index is 0.0362. The van der Waals surface area contributed by atoms with Crippen LogP contribution in [0.5, 0.6) is 0 Å². The Balaban J connectivity index is 1.93. The van der Waals surface area contributed by atoms with Crippen molar-refractivity contribution in [3.8, 4) is 0 Å². The molecule has 0 bridgehead atoms. The van der Waals surface area contributed by atoms with Crippen LogP contribution < -0.4 is 4.72 Å². The second-order valence-electron chi connectivity index (χ2n) is 6.17. The summed E-state index contributed by atoms with van der Waals surface area (Å²) in [4.78, 5) is 26.0. The molecule has 7 nitrogen and oxygen atoms in total. The number of carbonyl (C=O) groups is 2. The number of carbonyl (C=O) groups excluding carboxylic acids is 2. The molecule has 0 unspecified atom stereocenters. The normalized spacial score (nSPS) is 17.6. The van der Waals surface area contributed by atoms with E-state index < -0.39 is 16.0 Å². The molecule has 1 N–H and O–H groups in total. The second-order valence-corrected chi connectivity index (χ2v) is 7.94. The van der Waals surface area contributed by atoms with Gasteiger partial charge < -0.3 is 9.64 Å². The van der Waals surface area contributed by atoms with E-state index in [1.54, 1.807) is 4.90 Å². The highest BCUT2D eigenvalue weighted by Gasteiger charge is 2.24. The third kappa shape index (κ3) is 5.15. The molecule has 1 aromatic carbocycles. The lowest BCUT2D eigenvalue weighted by Crippen LogP contribution is -2.44. The molecule has 1 atom stereocenters. The van der Waals surface area contributed by atoms with E-state index in [0.29, 0.717) is 6.54 Å². The Kier molecular flexibility index (Phi) is 6.93. The Hall–Kier alpha value is -2.19. The van der Waals surface area contributed by atoms with Crippen molar-refractivity contribution in [2.45, 2.75) is 37.1 Å². The first-order valence-corrected chi connectivity index (χ1v) is 10.0. The van der Waals surface area contributed by atoms with Crippen LogP contribution in [-0.4, -0.2) is 50.9 Å². The highest BCUT2D eigenvalue weighted by Crippen LogP contribution is 2.17. The molecule has 1 aliphatic heterocycles. The van der Waals surface area contributed by atoms with Crippen LogP contribution in [0.15, 0.2) is 41.8 Å². The molecule has 2 rings (SSSR count). The molecule has 0 aromatic heterocycles. The van der Waals surface area contributed by atoms with Crippen LogP contribution in [0.25, 0.3) is 0 Å². The first kappa shape index (κ1) is 20.1. The van der Waals surface area contributed by atoms with Crippen molar-refractivity contribution in [2.75, 3.05) is 19.7 Å². The lowest BCUT2D eigenvalue weighted by Gasteiger charge is -2.33. The Morgan fingerprint density at radius 1 is 1.31 bits per heavy atom. The third-order valence-electron chi connectivity index (χ3n) is 4.27. The molecule has 0 radical (unpaired) electrons. The van der Waals surface area contributed by atoms with E-state index in [9.17, 15) is 18.0 Å². The number of amides is 1. The summed E-state index contributed by atoms with van der Waals surface area (Å²) in [5.41, 5.74) is 0.187.